The Labute approximate surface area is 132 Å². The van der Waals surface area contributed by atoms with Gasteiger partial charge >= 0.3 is 0 Å². The molecule has 0 aromatic rings. The van der Waals surface area contributed by atoms with Gasteiger partial charge in [0.15, 0.2) is 0 Å². The van der Waals surface area contributed by atoms with E-state index in [0.29, 0.717) is 24.2 Å². The monoisotopic (exact) mass is 308 g/mol. The predicted molar refractivity (Wildman–Crippen MR) is 83.0 cm³/mol. The van der Waals surface area contributed by atoms with Gasteiger partial charge in [-0.15, -0.1) is 0 Å². The number of alkyl halides is 1. The Morgan fingerprint density at radius 1 is 1.05 bits per heavy atom. The van der Waals surface area contributed by atoms with Crippen molar-refractivity contribution < 1.29 is 14.3 Å². The number of rotatable bonds is 0. The molecule has 0 saturated heterocycles. The van der Waals surface area contributed by atoms with Gasteiger partial charge in [-0.3, -0.25) is 4.79 Å². The van der Waals surface area contributed by atoms with E-state index in [1.54, 1.807) is 0 Å². The summed E-state index contributed by atoms with van der Waals surface area (Å²) in [4.78, 5) is 11.8. The number of hydrogen-bond acceptors (Lipinski definition) is 2. The first-order chi connectivity index (χ1) is 10.4. The largest absolute Gasteiger partial charge is 0.393 e. The van der Waals surface area contributed by atoms with E-state index in [2.05, 4.69) is 13.8 Å². The molecule has 3 heteroatoms. The summed E-state index contributed by atoms with van der Waals surface area (Å²) in [6, 6.07) is 0. The molecular weight excluding hydrogens is 279 g/mol. The van der Waals surface area contributed by atoms with Crippen LogP contribution in [0.2, 0.25) is 0 Å². The second-order valence-electron chi connectivity index (χ2n) is 9.07. The summed E-state index contributed by atoms with van der Waals surface area (Å²) < 4.78 is 15.0. The molecule has 0 bridgehead atoms. The lowest BCUT2D eigenvalue weighted by Crippen LogP contribution is -2.58. The van der Waals surface area contributed by atoms with E-state index >= 15 is 0 Å². The van der Waals surface area contributed by atoms with Gasteiger partial charge in [0.05, 0.1) is 6.10 Å². The molecule has 124 valence electrons. The molecule has 0 heterocycles. The third-order valence-electron chi connectivity index (χ3n) is 8.47. The van der Waals surface area contributed by atoms with Crippen LogP contribution in [0, 0.1) is 34.5 Å². The van der Waals surface area contributed by atoms with Crippen molar-refractivity contribution in [1.29, 1.82) is 0 Å². The molecule has 4 fully saturated rings. The molecule has 0 aliphatic heterocycles. The van der Waals surface area contributed by atoms with Crippen LogP contribution in [0.3, 0.4) is 0 Å². The number of carbonyl (C=O) groups excluding carboxylic acids is 1. The fraction of sp³-hybridized carbons (Fsp3) is 0.947. The van der Waals surface area contributed by atoms with E-state index in [9.17, 15) is 14.3 Å². The first kappa shape index (κ1) is 15.1. The Hall–Kier alpha value is -0.440. The molecule has 0 aromatic heterocycles. The standard InChI is InChI=1S/C19H29FO2/c1-18-8-7-15-13(14(18)5-6-17(18)22)4-3-11-9-12(21)10-16(20)19(11,15)2/h11,13-17,22H,3-10H2,1-2H3/t11?,13-,14-,15-,16?,17-,18-,19-/m0/s1. The second kappa shape index (κ2) is 4.78. The highest BCUT2D eigenvalue weighted by Crippen LogP contribution is 2.66. The predicted octanol–water partition coefficient (Wildman–Crippen LogP) is 3.91. The zero-order valence-corrected chi connectivity index (χ0v) is 13.9. The maximum Gasteiger partial charge on any atom is 0.136 e. The topological polar surface area (TPSA) is 37.3 Å². The molecule has 22 heavy (non-hydrogen) atoms. The lowest BCUT2D eigenvalue weighted by atomic mass is 9.45. The van der Waals surface area contributed by atoms with E-state index in [1.807, 2.05) is 0 Å². The number of hydrogen-bond donors (Lipinski definition) is 1. The van der Waals surface area contributed by atoms with Crippen molar-refractivity contribution in [2.45, 2.75) is 77.5 Å². The van der Waals surface area contributed by atoms with Crippen molar-refractivity contribution in [2.24, 2.45) is 34.5 Å². The first-order valence-electron chi connectivity index (χ1n) is 9.21. The van der Waals surface area contributed by atoms with Gasteiger partial charge in [-0.25, -0.2) is 4.39 Å². The van der Waals surface area contributed by atoms with Gasteiger partial charge in [-0.2, -0.15) is 0 Å². The van der Waals surface area contributed by atoms with Crippen molar-refractivity contribution in [2.75, 3.05) is 0 Å². The summed E-state index contributed by atoms with van der Waals surface area (Å²) in [5, 5.41) is 10.4. The number of aliphatic hydroxyl groups excluding tert-OH is 1. The molecular formula is C19H29FO2. The minimum atomic E-state index is -0.956. The number of halogens is 1. The zero-order chi connectivity index (χ0) is 15.7. The van der Waals surface area contributed by atoms with Crippen LogP contribution in [-0.2, 0) is 4.79 Å². The maximum atomic E-state index is 15.0. The number of Topliss-reactive ketones (excluding diaryl/α,β-unsaturated/α-hetero) is 1. The molecule has 1 N–H and O–H groups in total. The highest BCUT2D eigenvalue weighted by Gasteiger charge is 2.62. The number of ketones is 1. The van der Waals surface area contributed by atoms with Gasteiger partial charge < -0.3 is 5.11 Å². The van der Waals surface area contributed by atoms with Crippen LogP contribution < -0.4 is 0 Å². The van der Waals surface area contributed by atoms with Gasteiger partial charge in [0.1, 0.15) is 12.0 Å². The molecule has 2 nitrogen and oxygen atoms in total. The van der Waals surface area contributed by atoms with E-state index in [4.69, 9.17) is 0 Å². The molecule has 2 unspecified atom stereocenters. The summed E-state index contributed by atoms with van der Waals surface area (Å²) in [6.45, 7) is 4.40. The first-order valence-corrected chi connectivity index (χ1v) is 9.21. The highest BCUT2D eigenvalue weighted by atomic mass is 19.1. The van der Waals surface area contributed by atoms with Gasteiger partial charge in [-0.1, -0.05) is 13.8 Å². The van der Waals surface area contributed by atoms with E-state index in [-0.39, 0.29) is 35.1 Å². The average Bonchev–Trinajstić information content (AvgIpc) is 2.77. The van der Waals surface area contributed by atoms with E-state index in [0.717, 1.165) is 38.5 Å². The molecule has 4 saturated carbocycles. The molecule has 4 aliphatic rings. The van der Waals surface area contributed by atoms with Crippen LogP contribution in [0.25, 0.3) is 0 Å². The van der Waals surface area contributed by atoms with E-state index in [1.165, 1.54) is 0 Å². The minimum Gasteiger partial charge on any atom is -0.393 e. The highest BCUT2D eigenvalue weighted by molar-refractivity contribution is 5.80. The Morgan fingerprint density at radius 2 is 1.82 bits per heavy atom. The normalized spacial score (nSPS) is 57.9. The second-order valence-corrected chi connectivity index (χ2v) is 9.07. The molecule has 8 atom stereocenters. The third kappa shape index (κ3) is 1.78. The van der Waals surface area contributed by atoms with Crippen LogP contribution >= 0.6 is 0 Å². The molecule has 0 radical (unpaired) electrons. The smallest absolute Gasteiger partial charge is 0.136 e. The summed E-state index contributed by atoms with van der Waals surface area (Å²) in [6.07, 6.45) is 5.85. The minimum absolute atomic E-state index is 0.0562. The SMILES string of the molecule is C[C@]12C(F)CC(=O)CC1CC[C@@H]1[C@@H]2CC[C@]2(C)[C@@H](O)CC[C@@H]12. The van der Waals surface area contributed by atoms with Gasteiger partial charge in [0, 0.05) is 18.3 Å². The van der Waals surface area contributed by atoms with Crippen molar-refractivity contribution in [3.8, 4) is 0 Å². The number of aliphatic hydroxyl groups is 1. The van der Waals surface area contributed by atoms with Crippen molar-refractivity contribution in [3.05, 3.63) is 0 Å². The molecule has 0 amide bonds. The van der Waals surface area contributed by atoms with Crippen LogP contribution in [-0.4, -0.2) is 23.2 Å². The fourth-order valence-corrected chi connectivity index (χ4v) is 7.03. The van der Waals surface area contributed by atoms with Crippen molar-refractivity contribution in [3.63, 3.8) is 0 Å². The van der Waals surface area contributed by atoms with E-state index < -0.39 is 6.17 Å². The molecule has 0 spiro atoms. The summed E-state index contributed by atoms with van der Waals surface area (Å²) >= 11 is 0. The maximum absolute atomic E-state index is 15.0. The Kier molecular flexibility index (Phi) is 3.28. The van der Waals surface area contributed by atoms with Crippen LogP contribution in [0.15, 0.2) is 0 Å². The quantitative estimate of drug-likeness (QED) is 0.737. The van der Waals surface area contributed by atoms with Gasteiger partial charge in [0.2, 0.25) is 0 Å². The van der Waals surface area contributed by atoms with Crippen LogP contribution in [0.4, 0.5) is 4.39 Å². The summed E-state index contributed by atoms with van der Waals surface area (Å²) in [5.74, 6) is 1.91. The fourth-order valence-electron chi connectivity index (χ4n) is 7.03. The van der Waals surface area contributed by atoms with Gasteiger partial charge in [0.25, 0.3) is 0 Å². The van der Waals surface area contributed by atoms with Crippen molar-refractivity contribution in [1.82, 2.24) is 0 Å². The number of fused-ring (bicyclic) bond motifs is 5. The van der Waals surface area contributed by atoms with Gasteiger partial charge in [-0.05, 0) is 67.6 Å². The number of carbonyl (C=O) groups is 1. The molecule has 4 rings (SSSR count). The van der Waals surface area contributed by atoms with Crippen LogP contribution in [0.1, 0.15) is 65.2 Å². The zero-order valence-electron chi connectivity index (χ0n) is 13.9. The third-order valence-corrected chi connectivity index (χ3v) is 8.47. The van der Waals surface area contributed by atoms with Crippen LogP contribution in [0.5, 0.6) is 0 Å². The summed E-state index contributed by atoms with van der Waals surface area (Å²) in [5.41, 5.74) is -0.244. The Balaban J connectivity index is 1.67. The van der Waals surface area contributed by atoms with Crippen molar-refractivity contribution >= 4 is 5.78 Å². The Bertz CT molecular complexity index is 492. The lowest BCUT2D eigenvalue weighted by molar-refractivity contribution is -0.159. The Morgan fingerprint density at radius 3 is 2.59 bits per heavy atom. The molecule has 0 aromatic carbocycles. The lowest BCUT2D eigenvalue weighted by Gasteiger charge is -2.60. The average molecular weight is 308 g/mol. The molecule has 4 aliphatic carbocycles. The summed E-state index contributed by atoms with van der Waals surface area (Å²) in [7, 11) is 0.